The van der Waals surface area contributed by atoms with Crippen molar-refractivity contribution in [3.05, 3.63) is 42.6 Å². The second-order valence-electron chi connectivity index (χ2n) is 4.02. The number of carboxylic acids is 1. The van der Waals surface area contributed by atoms with Gasteiger partial charge < -0.3 is 9.84 Å². The second-order valence-corrected chi connectivity index (χ2v) is 5.05. The number of benzene rings is 1. The minimum atomic E-state index is -1.01. The Labute approximate surface area is 118 Å². The molecule has 0 bridgehead atoms. The van der Waals surface area contributed by atoms with Crippen LogP contribution in [0.25, 0.3) is 20.9 Å². The fourth-order valence-electron chi connectivity index (χ4n) is 1.78. The van der Waals surface area contributed by atoms with Crippen LogP contribution in [-0.4, -0.2) is 27.7 Å². The second kappa shape index (κ2) is 5.26. The first kappa shape index (κ1) is 12.6. The quantitative estimate of drug-likeness (QED) is 0.798. The fraction of sp³-hybridized carbons (Fsp3) is 0.0714. The monoisotopic (exact) mass is 286 g/mol. The third kappa shape index (κ3) is 2.46. The maximum Gasteiger partial charge on any atom is 0.341 e. The first-order valence-corrected chi connectivity index (χ1v) is 6.71. The Hall–Kier alpha value is -2.47. The number of carbonyl (C=O) groups is 1. The molecule has 3 rings (SSSR count). The van der Waals surface area contributed by atoms with E-state index in [2.05, 4.69) is 9.97 Å². The van der Waals surface area contributed by atoms with Crippen LogP contribution >= 0.6 is 11.3 Å². The van der Waals surface area contributed by atoms with E-state index in [0.717, 1.165) is 15.4 Å². The topological polar surface area (TPSA) is 72.3 Å². The zero-order chi connectivity index (χ0) is 13.9. The molecule has 0 saturated heterocycles. The number of aromatic nitrogens is 2. The van der Waals surface area contributed by atoms with E-state index >= 15 is 0 Å². The van der Waals surface area contributed by atoms with E-state index < -0.39 is 5.97 Å². The van der Waals surface area contributed by atoms with Gasteiger partial charge in [0, 0.05) is 6.20 Å². The van der Waals surface area contributed by atoms with Crippen LogP contribution in [0.2, 0.25) is 0 Å². The molecule has 2 aromatic heterocycles. The van der Waals surface area contributed by atoms with Crippen molar-refractivity contribution < 1.29 is 14.6 Å². The number of aliphatic carboxylic acids is 1. The molecule has 0 atom stereocenters. The van der Waals surface area contributed by atoms with Crippen molar-refractivity contribution in [2.24, 2.45) is 0 Å². The highest BCUT2D eigenvalue weighted by Crippen LogP contribution is 2.33. The average Bonchev–Trinajstić information content (AvgIpc) is 2.90. The Bertz CT molecular complexity index is 755. The number of thiazole rings is 1. The number of fused-ring (bicyclic) bond motifs is 1. The van der Waals surface area contributed by atoms with Crippen LogP contribution in [-0.2, 0) is 4.79 Å². The zero-order valence-corrected chi connectivity index (χ0v) is 11.1. The van der Waals surface area contributed by atoms with Gasteiger partial charge in [0.1, 0.15) is 16.3 Å². The molecule has 0 aliphatic rings. The van der Waals surface area contributed by atoms with Gasteiger partial charge in [-0.3, -0.25) is 4.98 Å². The number of pyridine rings is 1. The largest absolute Gasteiger partial charge is 0.480 e. The van der Waals surface area contributed by atoms with E-state index in [4.69, 9.17) is 9.84 Å². The highest BCUT2D eigenvalue weighted by atomic mass is 32.1. The van der Waals surface area contributed by atoms with Crippen LogP contribution in [0.1, 0.15) is 0 Å². The summed E-state index contributed by atoms with van der Waals surface area (Å²) in [5.74, 6) is -0.537. The lowest BCUT2D eigenvalue weighted by Crippen LogP contribution is -2.09. The van der Waals surface area contributed by atoms with Crippen molar-refractivity contribution in [2.45, 2.75) is 0 Å². The molecule has 0 spiro atoms. The van der Waals surface area contributed by atoms with Crippen LogP contribution in [0.4, 0.5) is 0 Å². The van der Waals surface area contributed by atoms with Gasteiger partial charge in [0.25, 0.3) is 0 Å². The predicted molar refractivity (Wildman–Crippen MR) is 76.0 cm³/mol. The summed E-state index contributed by atoms with van der Waals surface area (Å²) in [6.45, 7) is -0.379. The van der Waals surface area contributed by atoms with Gasteiger partial charge in [0.05, 0.1) is 10.4 Å². The van der Waals surface area contributed by atoms with E-state index in [0.29, 0.717) is 11.3 Å². The van der Waals surface area contributed by atoms with Crippen molar-refractivity contribution in [2.75, 3.05) is 6.61 Å². The molecule has 0 amide bonds. The van der Waals surface area contributed by atoms with Crippen molar-refractivity contribution in [1.82, 2.24) is 9.97 Å². The summed E-state index contributed by atoms with van der Waals surface area (Å²) in [6, 6.07) is 11.1. The number of nitrogens with zero attached hydrogens (tertiary/aromatic N) is 2. The van der Waals surface area contributed by atoms with E-state index in [1.165, 1.54) is 11.3 Å². The molecule has 0 fully saturated rings. The van der Waals surface area contributed by atoms with Gasteiger partial charge in [0.2, 0.25) is 0 Å². The van der Waals surface area contributed by atoms with Gasteiger partial charge in [-0.1, -0.05) is 12.1 Å². The molecular weight excluding hydrogens is 276 g/mol. The predicted octanol–water partition coefficient (Wildman–Crippen LogP) is 2.82. The molecule has 3 aromatic rings. The third-order valence-corrected chi connectivity index (χ3v) is 3.66. The summed E-state index contributed by atoms with van der Waals surface area (Å²) < 4.78 is 6.19. The van der Waals surface area contributed by atoms with Gasteiger partial charge in [-0.2, -0.15) is 0 Å². The Kier molecular flexibility index (Phi) is 3.30. The van der Waals surface area contributed by atoms with Crippen LogP contribution in [0.15, 0.2) is 42.6 Å². The van der Waals surface area contributed by atoms with Crippen LogP contribution in [0.3, 0.4) is 0 Å². The Morgan fingerprint density at radius 1 is 1.25 bits per heavy atom. The Morgan fingerprint density at radius 3 is 2.90 bits per heavy atom. The lowest BCUT2D eigenvalue weighted by atomic mass is 10.3. The summed E-state index contributed by atoms with van der Waals surface area (Å²) in [4.78, 5) is 19.3. The molecular formula is C14H10N2O3S. The molecule has 1 aromatic carbocycles. The molecule has 2 heterocycles. The standard InChI is InChI=1S/C14H10N2O3S/c17-12(18)8-19-10-5-3-6-11-13(10)16-14(20-11)9-4-1-2-7-15-9/h1-7H,8H2,(H,17,18). The van der Waals surface area contributed by atoms with E-state index in [9.17, 15) is 4.79 Å². The highest BCUT2D eigenvalue weighted by Gasteiger charge is 2.11. The van der Waals surface area contributed by atoms with Gasteiger partial charge in [-0.25, -0.2) is 9.78 Å². The van der Waals surface area contributed by atoms with Crippen LogP contribution in [0, 0.1) is 0 Å². The number of rotatable bonds is 4. The smallest absolute Gasteiger partial charge is 0.341 e. The molecule has 20 heavy (non-hydrogen) atoms. The summed E-state index contributed by atoms with van der Waals surface area (Å²) in [6.07, 6.45) is 1.71. The van der Waals surface area contributed by atoms with Gasteiger partial charge in [-0.05, 0) is 24.3 Å². The van der Waals surface area contributed by atoms with E-state index in [1.807, 2.05) is 30.3 Å². The summed E-state index contributed by atoms with van der Waals surface area (Å²) in [5.41, 5.74) is 1.46. The Morgan fingerprint density at radius 2 is 2.15 bits per heavy atom. The number of para-hydroxylation sites is 1. The molecule has 0 aliphatic heterocycles. The molecule has 0 aliphatic carbocycles. The van der Waals surface area contributed by atoms with Crippen molar-refractivity contribution in [3.8, 4) is 16.5 Å². The first-order valence-electron chi connectivity index (χ1n) is 5.89. The number of ether oxygens (including phenoxy) is 1. The highest BCUT2D eigenvalue weighted by molar-refractivity contribution is 7.21. The van der Waals surface area contributed by atoms with Crippen LogP contribution in [0.5, 0.6) is 5.75 Å². The SMILES string of the molecule is O=C(O)COc1cccc2sc(-c3ccccn3)nc12. The minimum absolute atomic E-state index is 0.379. The van der Waals surface area contributed by atoms with E-state index in [1.54, 1.807) is 12.3 Å². The zero-order valence-electron chi connectivity index (χ0n) is 10.3. The summed E-state index contributed by atoms with van der Waals surface area (Å²) in [5, 5.41) is 9.46. The number of hydrogen-bond donors (Lipinski definition) is 1. The third-order valence-electron chi connectivity index (χ3n) is 2.62. The first-order chi connectivity index (χ1) is 9.74. The molecule has 5 nitrogen and oxygen atoms in total. The maximum atomic E-state index is 10.6. The van der Waals surface area contributed by atoms with Gasteiger partial charge in [0.15, 0.2) is 6.61 Å². The van der Waals surface area contributed by atoms with Crippen molar-refractivity contribution in [1.29, 1.82) is 0 Å². The molecule has 1 N–H and O–H groups in total. The molecule has 0 radical (unpaired) electrons. The van der Waals surface area contributed by atoms with Gasteiger partial charge in [-0.15, -0.1) is 11.3 Å². The number of hydrogen-bond acceptors (Lipinski definition) is 5. The van der Waals surface area contributed by atoms with Crippen LogP contribution < -0.4 is 4.74 Å². The van der Waals surface area contributed by atoms with E-state index in [-0.39, 0.29) is 6.61 Å². The maximum absolute atomic E-state index is 10.6. The lowest BCUT2D eigenvalue weighted by Gasteiger charge is -2.02. The molecule has 0 unspecified atom stereocenters. The van der Waals surface area contributed by atoms with Crippen molar-refractivity contribution in [3.63, 3.8) is 0 Å². The number of carboxylic acid groups (broad SMARTS) is 1. The normalized spacial score (nSPS) is 10.6. The van der Waals surface area contributed by atoms with Crippen molar-refractivity contribution >= 4 is 27.5 Å². The summed E-state index contributed by atoms with van der Waals surface area (Å²) in [7, 11) is 0. The Balaban J connectivity index is 2.02. The summed E-state index contributed by atoms with van der Waals surface area (Å²) >= 11 is 1.50. The molecule has 6 heteroatoms. The lowest BCUT2D eigenvalue weighted by molar-refractivity contribution is -0.139. The fourth-order valence-corrected chi connectivity index (χ4v) is 2.74. The minimum Gasteiger partial charge on any atom is -0.480 e. The van der Waals surface area contributed by atoms with Gasteiger partial charge >= 0.3 is 5.97 Å². The molecule has 0 saturated carbocycles. The molecule has 100 valence electrons. The average molecular weight is 286 g/mol.